The summed E-state index contributed by atoms with van der Waals surface area (Å²) in [4.78, 5) is 20.6. The summed E-state index contributed by atoms with van der Waals surface area (Å²) in [6.07, 6.45) is 6.85. The van der Waals surface area contributed by atoms with E-state index in [1.54, 1.807) is 35.2 Å². The van der Waals surface area contributed by atoms with Gasteiger partial charge in [-0.25, -0.2) is 88.7 Å². The molecule has 0 N–H and O–H groups in total. The first kappa shape index (κ1) is 96.4. The fourth-order valence-corrected chi connectivity index (χ4v) is 25.2. The molecule has 20 nitrogen and oxygen atoms in total. The molecule has 4 saturated heterocycles. The highest BCUT2D eigenvalue weighted by Gasteiger charge is 2.46. The van der Waals surface area contributed by atoms with Crippen molar-refractivity contribution in [2.24, 2.45) is 16.7 Å². The molecule has 4 aliphatic rings. The molecule has 128 heavy (non-hydrogen) atoms. The molecule has 1 unspecified atom stereocenters. The van der Waals surface area contributed by atoms with E-state index in [-0.39, 0.29) is 117 Å². The number of benzene rings is 8. The van der Waals surface area contributed by atoms with Crippen molar-refractivity contribution >= 4 is 85.5 Å². The van der Waals surface area contributed by atoms with Gasteiger partial charge >= 0.3 is 6.18 Å². The molecule has 16 rings (SSSR count). The Morgan fingerprint density at radius 2 is 0.617 bits per heavy atom. The lowest BCUT2D eigenvalue weighted by atomic mass is 9.77. The molecule has 8 aromatic carbocycles. The highest BCUT2D eigenvalue weighted by molar-refractivity contribution is 7.91. The first-order valence-corrected chi connectivity index (χ1v) is 50.6. The lowest BCUT2D eigenvalue weighted by molar-refractivity contribution is -0.190. The van der Waals surface area contributed by atoms with E-state index in [4.69, 9.17) is 0 Å². The maximum atomic E-state index is 15.0. The molecular weight excluding hydrogens is 1830 g/mol. The summed E-state index contributed by atoms with van der Waals surface area (Å²) in [6.45, 7) is 11.6. The predicted octanol–water partition coefficient (Wildman–Crippen LogP) is 20.1. The number of hydrogen-bond donors (Lipinski definition) is 0. The quantitative estimate of drug-likeness (QED) is 0.0510. The molecule has 0 saturated carbocycles. The molecule has 8 heterocycles. The zero-order valence-corrected chi connectivity index (χ0v) is 76.3. The molecule has 12 aromatic rings. The van der Waals surface area contributed by atoms with Crippen LogP contribution in [0.4, 0.5) is 48.3 Å². The van der Waals surface area contributed by atoms with Gasteiger partial charge in [-0.3, -0.25) is 19.6 Å². The zero-order valence-electron chi connectivity index (χ0n) is 69.8. The minimum absolute atomic E-state index is 0.0297. The summed E-state index contributed by atoms with van der Waals surface area (Å²) in [5, 5.41) is 0.839. The van der Waals surface area contributed by atoms with Crippen LogP contribution in [0, 0.1) is 63.3 Å². The van der Waals surface area contributed by atoms with Gasteiger partial charge in [0.25, 0.3) is 0 Å². The lowest BCUT2D eigenvalue weighted by Gasteiger charge is -2.44. The Balaban J connectivity index is 0.000000146. The summed E-state index contributed by atoms with van der Waals surface area (Å²) in [6, 6.07) is 45.1. The van der Waals surface area contributed by atoms with Crippen molar-refractivity contribution < 1.29 is 82.0 Å². The van der Waals surface area contributed by atoms with E-state index in [2.05, 4.69) is 104 Å². The van der Waals surface area contributed by atoms with Crippen molar-refractivity contribution in [2.45, 2.75) is 185 Å². The van der Waals surface area contributed by atoms with E-state index in [9.17, 15) is 82.0 Å². The third-order valence-electron chi connectivity index (χ3n) is 23.2. The fourth-order valence-electron chi connectivity index (χ4n) is 16.4. The smallest absolute Gasteiger partial charge is 0.292 e. The normalized spacial score (nSPS) is 19.1. The second kappa shape index (κ2) is 41.5. The van der Waals surface area contributed by atoms with Gasteiger partial charge in [0.15, 0.2) is 39.3 Å². The standard InChI is InChI=1S/2C23H25F2N3O2S2.C22H20F5N3O2S2.C21H21F2N3O2S2/c2*1-23(2)8-9-28(20(12-23)16-6-4-3-5-7-16)13-17-10-19(25)21(11-18(17)24)32(29,30)14-22-26-15-27-31-22;23-17-10-20(34(31,32)12-21-28-13-29-33-21)18(24)8-15(17)11-30-7-6-16(22(25,26)27)9-19(30)14-4-2-1-3-5-14;22-17-11-20(30(27,28)13-21-24-14-25-29-21)18(23)10-16(17)12-26-9-5-4-8-19(26)15-6-2-1-3-7-15/h2*3-7,10-11,15,20H,8-9,12-14H2,1-2H3;1-5,8,10,13,16,19H,6-7,9,11-12H2;1-3,6-7,10-11,14,19H,4-5,8-9,12-13H2/t2*20-;16-,19+;/m101./s1. The fraction of sp³-hybridized carbons (Fsp3) is 0.371. The Hall–Kier alpha value is -9.13. The predicted molar refractivity (Wildman–Crippen MR) is 466 cm³/mol. The summed E-state index contributed by atoms with van der Waals surface area (Å²) < 4.78 is 275. The van der Waals surface area contributed by atoms with Gasteiger partial charge in [0.05, 0.1) is 5.92 Å². The largest absolute Gasteiger partial charge is 0.391 e. The number of piperidine rings is 4. The molecule has 4 fully saturated rings. The molecular formula is C89H91F11N12O8S8. The number of alkyl halides is 3. The van der Waals surface area contributed by atoms with E-state index in [1.807, 2.05) is 66.7 Å². The van der Waals surface area contributed by atoms with Gasteiger partial charge in [-0.2, -0.15) is 30.7 Å². The molecule has 0 aliphatic carbocycles. The summed E-state index contributed by atoms with van der Waals surface area (Å²) in [7, 11) is -16.4. The van der Waals surface area contributed by atoms with Crippen LogP contribution in [0.5, 0.6) is 0 Å². The zero-order chi connectivity index (χ0) is 91.5. The Kier molecular flexibility index (Phi) is 31.3. The van der Waals surface area contributed by atoms with Gasteiger partial charge < -0.3 is 0 Å². The highest BCUT2D eigenvalue weighted by atomic mass is 32.2. The van der Waals surface area contributed by atoms with E-state index in [0.29, 0.717) is 11.6 Å². The molecule has 680 valence electrons. The molecule has 5 atom stereocenters. The average molecular weight is 1920 g/mol. The Labute approximate surface area is 752 Å². The molecule has 0 bridgehead atoms. The van der Waals surface area contributed by atoms with Crippen LogP contribution in [-0.4, -0.2) is 123 Å². The van der Waals surface area contributed by atoms with Crippen LogP contribution in [0.15, 0.2) is 215 Å². The molecule has 0 radical (unpaired) electrons. The molecule has 0 amide bonds. The van der Waals surface area contributed by atoms with Gasteiger partial charge in [0, 0.05) is 72.6 Å². The van der Waals surface area contributed by atoms with Gasteiger partial charge in [-0.1, -0.05) is 155 Å². The van der Waals surface area contributed by atoms with Crippen molar-refractivity contribution in [1.82, 2.24) is 57.0 Å². The van der Waals surface area contributed by atoms with E-state index in [0.717, 1.165) is 170 Å². The monoisotopic (exact) mass is 1920 g/mol. The minimum Gasteiger partial charge on any atom is -0.292 e. The highest BCUT2D eigenvalue weighted by Crippen LogP contribution is 2.47. The number of hydrogen-bond acceptors (Lipinski definition) is 24. The van der Waals surface area contributed by atoms with Gasteiger partial charge in [-0.15, -0.1) is 0 Å². The summed E-state index contributed by atoms with van der Waals surface area (Å²) in [5.41, 5.74) is 4.69. The number of likely N-dealkylation sites (tertiary alicyclic amines) is 4. The Morgan fingerprint density at radius 1 is 0.344 bits per heavy atom. The van der Waals surface area contributed by atoms with E-state index in [1.165, 1.54) is 25.3 Å². The third-order valence-corrected chi connectivity index (χ3v) is 33.1. The van der Waals surface area contributed by atoms with Crippen LogP contribution in [0.2, 0.25) is 0 Å². The summed E-state index contributed by atoms with van der Waals surface area (Å²) >= 11 is 3.59. The number of halogens is 11. The average Bonchev–Trinajstić information content (AvgIpc) is 1.27. The van der Waals surface area contributed by atoms with Crippen molar-refractivity contribution in [3.05, 3.63) is 306 Å². The van der Waals surface area contributed by atoms with Crippen LogP contribution in [-0.2, 0) is 88.5 Å². The first-order chi connectivity index (χ1) is 60.8. The van der Waals surface area contributed by atoms with Gasteiger partial charge in [0.1, 0.15) is 134 Å². The van der Waals surface area contributed by atoms with Crippen molar-refractivity contribution in [3.63, 3.8) is 0 Å². The van der Waals surface area contributed by atoms with Crippen LogP contribution in [0.3, 0.4) is 0 Å². The van der Waals surface area contributed by atoms with Crippen LogP contribution in [0.1, 0.15) is 174 Å². The molecule has 0 spiro atoms. The Morgan fingerprint density at radius 3 is 0.898 bits per heavy atom. The summed E-state index contributed by atoms with van der Waals surface area (Å²) in [5.74, 6) is -10.7. The molecule has 39 heteroatoms. The van der Waals surface area contributed by atoms with Crippen LogP contribution in [0.25, 0.3) is 0 Å². The van der Waals surface area contributed by atoms with Crippen LogP contribution >= 0.6 is 46.1 Å². The number of sulfone groups is 4. The van der Waals surface area contributed by atoms with E-state index >= 15 is 0 Å². The van der Waals surface area contributed by atoms with Crippen molar-refractivity contribution in [1.29, 1.82) is 0 Å². The lowest BCUT2D eigenvalue weighted by Crippen LogP contribution is -2.41. The number of aromatic nitrogens is 8. The third kappa shape index (κ3) is 24.9. The van der Waals surface area contributed by atoms with Crippen molar-refractivity contribution in [3.8, 4) is 0 Å². The maximum Gasteiger partial charge on any atom is 0.391 e. The second-order valence-electron chi connectivity index (χ2n) is 33.5. The second-order valence-corrected chi connectivity index (χ2v) is 44.7. The molecule has 4 aromatic heterocycles. The minimum atomic E-state index is -4.35. The first-order valence-electron chi connectivity index (χ1n) is 40.8. The number of nitrogens with zero attached hydrogens (tertiary/aromatic N) is 12. The number of rotatable bonds is 24. The van der Waals surface area contributed by atoms with Crippen molar-refractivity contribution in [2.75, 3.05) is 26.2 Å². The maximum absolute atomic E-state index is 15.0. The van der Waals surface area contributed by atoms with Crippen LogP contribution < -0.4 is 0 Å². The molecule has 4 aliphatic heterocycles. The topological polar surface area (TPSA) is 253 Å². The van der Waals surface area contributed by atoms with Gasteiger partial charge in [-0.05, 0) is 205 Å². The Bertz CT molecular complexity index is 6030. The SMILES string of the molecule is CC1(C)CCN(Cc2cc(F)c(S(=O)(=O)Cc3ncns3)cc2F)[C@@H](c2ccccc2)C1.CC1(C)CCN(Cc2cc(F)c(S(=O)(=O)Cc3ncns3)cc2F)[C@H](c2ccccc2)C1.O=S(=O)(Cc1ncns1)c1cc(F)c(CN2CCCCC2c2ccccc2)cc1F.O=S(=O)(Cc1ncns1)c1cc(F)c(CN2CC[C@@H](C(F)(F)F)C[C@H]2c2ccccc2)cc1F. The van der Waals surface area contributed by atoms with Gasteiger partial charge in [0.2, 0.25) is 0 Å². The van der Waals surface area contributed by atoms with E-state index < -0.39 is 147 Å².